The van der Waals surface area contributed by atoms with Gasteiger partial charge in [0.15, 0.2) is 0 Å². The van der Waals surface area contributed by atoms with Gasteiger partial charge in [0.25, 0.3) is 0 Å². The third-order valence-corrected chi connectivity index (χ3v) is 3.16. The predicted molar refractivity (Wildman–Crippen MR) is 67.8 cm³/mol. The maximum absolute atomic E-state index is 11.3. The highest BCUT2D eigenvalue weighted by Crippen LogP contribution is 2.17. The molecule has 0 bridgehead atoms. The molecule has 1 rings (SSSR count). The van der Waals surface area contributed by atoms with Crippen molar-refractivity contribution in [1.82, 2.24) is 0 Å². The monoisotopic (exact) mass is 323 g/mol. The van der Waals surface area contributed by atoms with E-state index in [1.54, 1.807) is 6.92 Å². The summed E-state index contributed by atoms with van der Waals surface area (Å²) in [5.41, 5.74) is 1.99. The van der Waals surface area contributed by atoms with E-state index in [1.807, 2.05) is 25.1 Å². The van der Waals surface area contributed by atoms with Crippen LogP contribution in [0.4, 0.5) is 5.69 Å². The summed E-state index contributed by atoms with van der Waals surface area (Å²) in [5.74, 6) is -0.175. The lowest BCUT2D eigenvalue weighted by atomic mass is 10.2. The number of hydrogen-bond acceptors (Lipinski definition) is 1. The highest BCUT2D eigenvalue weighted by molar-refractivity contribution is 14.1. The van der Waals surface area contributed by atoms with Crippen LogP contribution < -0.4 is 5.32 Å². The van der Waals surface area contributed by atoms with Crippen molar-refractivity contribution in [3.8, 4) is 0 Å². The second-order valence-corrected chi connectivity index (χ2v) is 4.89. The Bertz CT molecular complexity index is 352. The van der Waals surface area contributed by atoms with E-state index >= 15 is 0 Å². The number of alkyl halides is 1. The summed E-state index contributed by atoms with van der Waals surface area (Å²) < 4.78 is 1.13. The minimum atomic E-state index is -0.506. The largest absolute Gasteiger partial charge is 0.325 e. The van der Waals surface area contributed by atoms with Crippen molar-refractivity contribution in [2.45, 2.75) is 19.2 Å². The van der Waals surface area contributed by atoms with Crippen molar-refractivity contribution < 1.29 is 4.79 Å². The molecular formula is C10H11ClINO. The molecule has 0 aliphatic heterocycles. The molecule has 76 valence electrons. The third kappa shape index (κ3) is 3.13. The fourth-order valence-corrected chi connectivity index (χ4v) is 1.48. The van der Waals surface area contributed by atoms with Crippen molar-refractivity contribution >= 4 is 45.8 Å². The summed E-state index contributed by atoms with van der Waals surface area (Å²) in [4.78, 5) is 11.3. The lowest BCUT2D eigenvalue weighted by Gasteiger charge is -2.07. The minimum Gasteiger partial charge on any atom is -0.325 e. The van der Waals surface area contributed by atoms with E-state index in [0.29, 0.717) is 0 Å². The predicted octanol–water partition coefficient (Wildman–Crippen LogP) is 3.17. The van der Waals surface area contributed by atoms with Gasteiger partial charge in [0.2, 0.25) is 5.91 Å². The van der Waals surface area contributed by atoms with Gasteiger partial charge in [-0.2, -0.15) is 0 Å². The average molecular weight is 324 g/mol. The van der Waals surface area contributed by atoms with E-state index in [4.69, 9.17) is 11.6 Å². The summed E-state index contributed by atoms with van der Waals surface area (Å²) in [6.45, 7) is 3.67. The van der Waals surface area contributed by atoms with E-state index in [1.165, 1.54) is 5.56 Å². The third-order valence-electron chi connectivity index (χ3n) is 1.80. The lowest BCUT2D eigenvalue weighted by molar-refractivity contribution is -0.115. The fourth-order valence-electron chi connectivity index (χ4n) is 0.912. The zero-order chi connectivity index (χ0) is 10.7. The smallest absolute Gasteiger partial charge is 0.242 e. The van der Waals surface area contributed by atoms with Crippen molar-refractivity contribution in [1.29, 1.82) is 0 Å². The van der Waals surface area contributed by atoms with Gasteiger partial charge in [0.05, 0.1) is 0 Å². The molecule has 0 radical (unpaired) electrons. The molecule has 1 amide bonds. The summed E-state index contributed by atoms with van der Waals surface area (Å²) in [6.07, 6.45) is 0. The minimum absolute atomic E-state index is 0.175. The Morgan fingerprint density at radius 3 is 2.71 bits per heavy atom. The number of benzene rings is 1. The molecule has 0 saturated heterocycles. The van der Waals surface area contributed by atoms with Crippen LogP contribution in [-0.2, 0) is 4.79 Å². The molecule has 2 nitrogen and oxygen atoms in total. The Morgan fingerprint density at radius 1 is 1.57 bits per heavy atom. The second-order valence-electron chi connectivity index (χ2n) is 3.07. The normalized spacial score (nSPS) is 12.3. The van der Waals surface area contributed by atoms with Crippen molar-refractivity contribution in [2.24, 2.45) is 0 Å². The maximum Gasteiger partial charge on any atom is 0.242 e. The molecule has 0 fully saturated rings. The van der Waals surface area contributed by atoms with Gasteiger partial charge in [-0.05, 0) is 54.1 Å². The van der Waals surface area contributed by atoms with Crippen LogP contribution in [0.2, 0.25) is 0 Å². The number of hydrogen-bond donors (Lipinski definition) is 1. The first kappa shape index (κ1) is 11.8. The van der Waals surface area contributed by atoms with Gasteiger partial charge in [0, 0.05) is 9.26 Å². The zero-order valence-electron chi connectivity index (χ0n) is 7.97. The lowest BCUT2D eigenvalue weighted by Crippen LogP contribution is -2.20. The molecule has 1 aromatic rings. The van der Waals surface area contributed by atoms with Gasteiger partial charge in [-0.25, -0.2) is 0 Å². The van der Waals surface area contributed by atoms with Crippen molar-refractivity contribution in [3.63, 3.8) is 0 Å². The molecule has 14 heavy (non-hydrogen) atoms. The van der Waals surface area contributed by atoms with Crippen LogP contribution in [0.5, 0.6) is 0 Å². The van der Waals surface area contributed by atoms with Gasteiger partial charge in [-0.3, -0.25) is 4.79 Å². The fraction of sp³-hybridized carbons (Fsp3) is 0.300. The molecule has 1 atom stereocenters. The first-order valence-electron chi connectivity index (χ1n) is 4.22. The molecule has 0 heterocycles. The topological polar surface area (TPSA) is 29.1 Å². The number of anilines is 1. The van der Waals surface area contributed by atoms with Gasteiger partial charge in [-0.15, -0.1) is 11.6 Å². The van der Waals surface area contributed by atoms with Gasteiger partial charge >= 0.3 is 0 Å². The van der Waals surface area contributed by atoms with Crippen molar-refractivity contribution in [3.05, 3.63) is 27.3 Å². The van der Waals surface area contributed by atoms with E-state index < -0.39 is 5.38 Å². The summed E-state index contributed by atoms with van der Waals surface area (Å²) in [7, 11) is 0. The highest BCUT2D eigenvalue weighted by atomic mass is 127. The summed E-state index contributed by atoms with van der Waals surface area (Å²) in [5, 5.41) is 2.23. The van der Waals surface area contributed by atoms with Crippen LogP contribution in [0.3, 0.4) is 0 Å². The summed E-state index contributed by atoms with van der Waals surface area (Å²) in [6, 6.07) is 5.76. The number of rotatable bonds is 2. The van der Waals surface area contributed by atoms with E-state index in [2.05, 4.69) is 27.9 Å². The SMILES string of the molecule is Cc1ccc(NC(=O)[C@H](C)Cl)cc1I. The van der Waals surface area contributed by atoms with Gasteiger partial charge in [0.1, 0.15) is 5.38 Å². The molecule has 0 aromatic heterocycles. The Kier molecular flexibility index (Phi) is 4.19. The Labute approximate surface area is 102 Å². The number of carbonyl (C=O) groups excluding carboxylic acids is 1. The molecular weight excluding hydrogens is 312 g/mol. The molecule has 0 aliphatic carbocycles. The van der Waals surface area contributed by atoms with Crippen LogP contribution in [0.15, 0.2) is 18.2 Å². The first-order chi connectivity index (χ1) is 6.50. The average Bonchev–Trinajstić information content (AvgIpc) is 2.11. The number of halogens is 2. The molecule has 1 N–H and O–H groups in total. The molecule has 0 aliphatic rings. The Balaban J connectivity index is 2.78. The molecule has 0 unspecified atom stereocenters. The number of nitrogens with one attached hydrogen (secondary N) is 1. The number of carbonyl (C=O) groups is 1. The molecule has 0 saturated carbocycles. The highest BCUT2D eigenvalue weighted by Gasteiger charge is 2.09. The van der Waals surface area contributed by atoms with E-state index in [0.717, 1.165) is 9.26 Å². The first-order valence-corrected chi connectivity index (χ1v) is 5.73. The van der Waals surface area contributed by atoms with Gasteiger partial charge < -0.3 is 5.32 Å². The van der Waals surface area contributed by atoms with Crippen LogP contribution >= 0.6 is 34.2 Å². The van der Waals surface area contributed by atoms with Crippen LogP contribution in [0.25, 0.3) is 0 Å². The summed E-state index contributed by atoms with van der Waals surface area (Å²) >= 11 is 7.87. The van der Waals surface area contributed by atoms with Crippen molar-refractivity contribution in [2.75, 3.05) is 5.32 Å². The maximum atomic E-state index is 11.3. The van der Waals surface area contributed by atoms with E-state index in [-0.39, 0.29) is 5.91 Å². The quantitative estimate of drug-likeness (QED) is 0.657. The van der Waals surface area contributed by atoms with Gasteiger partial charge in [-0.1, -0.05) is 6.07 Å². The molecule has 1 aromatic carbocycles. The van der Waals surface area contributed by atoms with Crippen LogP contribution in [-0.4, -0.2) is 11.3 Å². The molecule has 4 heteroatoms. The van der Waals surface area contributed by atoms with E-state index in [9.17, 15) is 4.79 Å². The zero-order valence-corrected chi connectivity index (χ0v) is 10.9. The van der Waals surface area contributed by atoms with Crippen LogP contribution in [0, 0.1) is 10.5 Å². The Hall–Kier alpha value is -0.290. The Morgan fingerprint density at radius 2 is 2.21 bits per heavy atom. The number of amides is 1. The van der Waals surface area contributed by atoms with Crippen LogP contribution in [0.1, 0.15) is 12.5 Å². The second kappa shape index (κ2) is 4.98. The number of aryl methyl sites for hydroxylation is 1. The standard InChI is InChI=1S/C10H11ClINO/c1-6-3-4-8(5-9(6)12)13-10(14)7(2)11/h3-5,7H,1-2H3,(H,13,14)/t7-/m0/s1. The molecule has 0 spiro atoms.